The quantitative estimate of drug-likeness (QED) is 0.332. The number of carbonyl (C=O) groups is 1. The maximum atomic E-state index is 12.0. The third-order valence-electron chi connectivity index (χ3n) is 3.55. The highest BCUT2D eigenvalue weighted by Gasteiger charge is 2.09. The first-order valence-electron chi connectivity index (χ1n) is 7.65. The fourth-order valence-electron chi connectivity index (χ4n) is 2.32. The van der Waals surface area contributed by atoms with Gasteiger partial charge in [0.2, 0.25) is 0 Å². The lowest BCUT2D eigenvalue weighted by Crippen LogP contribution is -2.25. The largest absolute Gasteiger partial charge is 0.592 e. The number of hydrogen-bond donors (Lipinski definition) is 2. The molecule has 1 amide bonds. The number of nitrogens with zero attached hydrogens (tertiary/aromatic N) is 2. The van der Waals surface area contributed by atoms with E-state index in [9.17, 15) is 4.79 Å². The van der Waals surface area contributed by atoms with Crippen LogP contribution in [0, 0.1) is 0 Å². The van der Waals surface area contributed by atoms with Crippen LogP contribution in [0.4, 0.5) is 5.69 Å². The summed E-state index contributed by atoms with van der Waals surface area (Å²) in [6.45, 7) is 0.0877. The summed E-state index contributed by atoms with van der Waals surface area (Å²) in [5.41, 5.74) is 4.94. The number of halogens is 2. The Morgan fingerprint density at radius 2 is 1.96 bits per heavy atom. The Morgan fingerprint density at radius 3 is 2.73 bits per heavy atom. The maximum absolute atomic E-state index is 12.0. The Balaban J connectivity index is 1.59. The van der Waals surface area contributed by atoms with Crippen molar-refractivity contribution in [1.29, 1.82) is 0 Å². The minimum Gasteiger partial charge on any atom is -0.592 e. The second-order valence-corrected chi connectivity index (χ2v) is 7.09. The van der Waals surface area contributed by atoms with E-state index < -0.39 is 0 Å². The van der Waals surface area contributed by atoms with Gasteiger partial charge in [-0.25, -0.2) is 5.43 Å². The van der Waals surface area contributed by atoms with Crippen LogP contribution in [0.2, 0.25) is 0 Å². The van der Waals surface area contributed by atoms with Crippen LogP contribution >= 0.6 is 31.9 Å². The third-order valence-corrected chi connectivity index (χ3v) is 4.80. The standard InChI is InChI=1S/C18H14Br2N4O2/c19-13-7-11(8-14(20)18(13)26)9-23-24-17(25)10-22-16-5-1-4-15-12(16)3-2-6-21-15/h1-9,22,26H,10H2,(H,24,25)/p+1/b23-9+. The SMILES string of the molecule is O=C(CNc1cccc2ncccc12)N/N=C/c1cc(Br)c([OH2+])c(Br)c1. The number of hydrogen-bond acceptors (Lipinski definition) is 4. The predicted octanol–water partition coefficient (Wildman–Crippen LogP) is 3.76. The molecule has 0 unspecified atom stereocenters. The summed E-state index contributed by atoms with van der Waals surface area (Å²) in [6.07, 6.45) is 3.26. The van der Waals surface area contributed by atoms with Crippen molar-refractivity contribution in [3.8, 4) is 5.75 Å². The van der Waals surface area contributed by atoms with Gasteiger partial charge in [0, 0.05) is 17.3 Å². The van der Waals surface area contributed by atoms with E-state index in [1.54, 1.807) is 18.3 Å². The van der Waals surface area contributed by atoms with Gasteiger partial charge in [0.1, 0.15) is 8.95 Å². The molecule has 0 saturated heterocycles. The highest BCUT2D eigenvalue weighted by Crippen LogP contribution is 2.32. The van der Waals surface area contributed by atoms with Gasteiger partial charge in [-0.05, 0) is 73.8 Å². The Bertz CT molecular complexity index is 964. The van der Waals surface area contributed by atoms with Gasteiger partial charge in [-0.15, -0.1) is 0 Å². The lowest BCUT2D eigenvalue weighted by molar-refractivity contribution is -0.119. The zero-order chi connectivity index (χ0) is 18.5. The molecule has 2 aromatic carbocycles. The van der Waals surface area contributed by atoms with Crippen molar-refractivity contribution < 1.29 is 9.90 Å². The zero-order valence-electron chi connectivity index (χ0n) is 13.5. The van der Waals surface area contributed by atoms with Gasteiger partial charge in [-0.3, -0.25) is 9.78 Å². The number of amides is 1. The normalized spacial score (nSPS) is 11.0. The molecule has 0 atom stereocenters. The lowest BCUT2D eigenvalue weighted by atomic mass is 10.2. The average Bonchev–Trinajstić information content (AvgIpc) is 2.64. The number of rotatable bonds is 5. The van der Waals surface area contributed by atoms with Gasteiger partial charge < -0.3 is 10.4 Å². The van der Waals surface area contributed by atoms with E-state index in [0.29, 0.717) is 14.7 Å². The van der Waals surface area contributed by atoms with E-state index in [1.807, 2.05) is 30.3 Å². The Hall–Kier alpha value is -2.45. The molecule has 0 aliphatic heterocycles. The number of carbonyl (C=O) groups excluding carboxylic acids is 1. The van der Waals surface area contributed by atoms with E-state index in [0.717, 1.165) is 22.2 Å². The molecule has 0 radical (unpaired) electrons. The van der Waals surface area contributed by atoms with Crippen LogP contribution in [0.25, 0.3) is 10.9 Å². The molecule has 1 heterocycles. The predicted molar refractivity (Wildman–Crippen MR) is 111 cm³/mol. The van der Waals surface area contributed by atoms with Crippen LogP contribution in [0.5, 0.6) is 5.75 Å². The highest BCUT2D eigenvalue weighted by molar-refractivity contribution is 9.11. The Morgan fingerprint density at radius 1 is 1.19 bits per heavy atom. The lowest BCUT2D eigenvalue weighted by Gasteiger charge is -2.08. The Labute approximate surface area is 166 Å². The Kier molecular flexibility index (Phi) is 5.85. The minimum atomic E-state index is -0.266. The molecule has 3 rings (SSSR count). The van der Waals surface area contributed by atoms with E-state index in [2.05, 4.69) is 52.7 Å². The molecule has 3 aromatic rings. The molecular formula is C18H15Br2N4O2+. The van der Waals surface area contributed by atoms with Crippen LogP contribution in [0.15, 0.2) is 62.7 Å². The molecule has 0 aliphatic rings. The monoisotopic (exact) mass is 477 g/mol. The van der Waals surface area contributed by atoms with Crippen molar-refractivity contribution in [2.45, 2.75) is 0 Å². The topological polar surface area (TPSA) is 89.3 Å². The molecule has 0 bridgehead atoms. The molecule has 8 heteroatoms. The van der Waals surface area contributed by atoms with Gasteiger partial charge >= 0.3 is 0 Å². The molecule has 1 aromatic heterocycles. The van der Waals surface area contributed by atoms with Gasteiger partial charge in [0.15, 0.2) is 0 Å². The van der Waals surface area contributed by atoms with Crippen molar-refractivity contribution in [3.63, 3.8) is 0 Å². The summed E-state index contributed by atoms with van der Waals surface area (Å²) < 4.78 is 1.29. The summed E-state index contributed by atoms with van der Waals surface area (Å²) in [4.78, 5) is 16.3. The molecule has 132 valence electrons. The first kappa shape index (κ1) is 18.3. The summed E-state index contributed by atoms with van der Waals surface area (Å²) in [7, 11) is 0. The first-order chi connectivity index (χ1) is 12.5. The second-order valence-electron chi connectivity index (χ2n) is 5.38. The molecule has 4 N–H and O–H groups in total. The van der Waals surface area contributed by atoms with Crippen LogP contribution in [-0.4, -0.2) is 28.8 Å². The molecule has 0 aliphatic carbocycles. The average molecular weight is 479 g/mol. The number of nitrogens with one attached hydrogen (secondary N) is 2. The number of pyridine rings is 1. The molecule has 26 heavy (non-hydrogen) atoms. The molecule has 0 spiro atoms. The third kappa shape index (κ3) is 4.39. The second kappa shape index (κ2) is 8.29. The van der Waals surface area contributed by atoms with Crippen LogP contribution in [-0.2, 0) is 4.79 Å². The first-order valence-corrected chi connectivity index (χ1v) is 9.23. The van der Waals surface area contributed by atoms with E-state index in [4.69, 9.17) is 5.11 Å². The van der Waals surface area contributed by atoms with E-state index >= 15 is 0 Å². The van der Waals surface area contributed by atoms with Crippen molar-refractivity contribution in [1.82, 2.24) is 10.4 Å². The van der Waals surface area contributed by atoms with E-state index in [1.165, 1.54) is 6.21 Å². The highest BCUT2D eigenvalue weighted by atomic mass is 79.9. The minimum absolute atomic E-state index is 0.0877. The molecule has 0 fully saturated rings. The van der Waals surface area contributed by atoms with Crippen molar-refractivity contribution in [2.75, 3.05) is 11.9 Å². The zero-order valence-corrected chi connectivity index (χ0v) is 16.6. The van der Waals surface area contributed by atoms with Crippen molar-refractivity contribution in [3.05, 3.63) is 63.2 Å². The number of anilines is 1. The number of hydrazone groups is 1. The van der Waals surface area contributed by atoms with Gasteiger partial charge in [-0.1, -0.05) is 6.07 Å². The van der Waals surface area contributed by atoms with Crippen LogP contribution in [0.3, 0.4) is 0 Å². The molecular weight excluding hydrogens is 464 g/mol. The van der Waals surface area contributed by atoms with Crippen molar-refractivity contribution >= 4 is 60.6 Å². The van der Waals surface area contributed by atoms with Crippen LogP contribution in [0.1, 0.15) is 5.56 Å². The number of benzene rings is 2. The van der Waals surface area contributed by atoms with Gasteiger partial charge in [-0.2, -0.15) is 5.10 Å². The van der Waals surface area contributed by atoms with E-state index in [-0.39, 0.29) is 12.5 Å². The number of aromatic nitrogens is 1. The summed E-state index contributed by atoms with van der Waals surface area (Å²) in [6, 6.07) is 13.0. The number of fused-ring (bicyclic) bond motifs is 1. The fraction of sp³-hybridized carbons (Fsp3) is 0.0556. The molecule has 0 saturated carbocycles. The van der Waals surface area contributed by atoms with Crippen LogP contribution < -0.4 is 10.7 Å². The summed E-state index contributed by atoms with van der Waals surface area (Å²) in [5.74, 6) is 0.0948. The van der Waals surface area contributed by atoms with Crippen molar-refractivity contribution in [2.24, 2.45) is 5.10 Å². The smallest absolute Gasteiger partial charge is 0.282 e. The summed E-state index contributed by atoms with van der Waals surface area (Å²) in [5, 5.41) is 15.8. The summed E-state index contributed by atoms with van der Waals surface area (Å²) >= 11 is 6.61. The van der Waals surface area contributed by atoms with Gasteiger partial charge in [0.05, 0.1) is 18.3 Å². The van der Waals surface area contributed by atoms with Gasteiger partial charge in [0.25, 0.3) is 11.7 Å². The maximum Gasteiger partial charge on any atom is 0.282 e. The molecule has 6 nitrogen and oxygen atoms in total. The fourth-order valence-corrected chi connectivity index (χ4v) is 3.54.